The summed E-state index contributed by atoms with van der Waals surface area (Å²) in [6.07, 6.45) is 3.01. The van der Waals surface area contributed by atoms with Crippen LogP contribution in [0, 0.1) is 0 Å². The van der Waals surface area contributed by atoms with Gasteiger partial charge in [-0.2, -0.15) is 0 Å². The van der Waals surface area contributed by atoms with Crippen molar-refractivity contribution < 1.29 is 4.74 Å². The fourth-order valence-electron chi connectivity index (χ4n) is 3.02. The van der Waals surface area contributed by atoms with Crippen molar-refractivity contribution in [2.24, 2.45) is 4.99 Å². The summed E-state index contributed by atoms with van der Waals surface area (Å²) in [6.45, 7) is 2.17. The van der Waals surface area contributed by atoms with Gasteiger partial charge in [-0.1, -0.05) is 42.5 Å². The summed E-state index contributed by atoms with van der Waals surface area (Å²) < 4.78 is 5.46. The molecule has 2 aromatic rings. The number of hydrogen-bond acceptors (Lipinski definition) is 2. The Bertz CT molecular complexity index is 646. The summed E-state index contributed by atoms with van der Waals surface area (Å²) in [5.41, 5.74) is 5.29. The lowest BCUT2D eigenvalue weighted by molar-refractivity contribution is 0.408. The summed E-state index contributed by atoms with van der Waals surface area (Å²) in [7, 11) is 1.75. The minimum atomic E-state index is 0.230. The second-order valence-electron chi connectivity index (χ2n) is 5.56. The first-order valence-corrected chi connectivity index (χ1v) is 7.53. The molecule has 0 bridgehead atoms. The molecular weight excluding hydrogens is 258 g/mol. The summed E-state index contributed by atoms with van der Waals surface area (Å²) in [5, 5.41) is 0. The van der Waals surface area contributed by atoms with E-state index in [0.29, 0.717) is 0 Å². The van der Waals surface area contributed by atoms with Gasteiger partial charge >= 0.3 is 0 Å². The molecule has 1 aliphatic rings. The zero-order valence-corrected chi connectivity index (χ0v) is 12.7. The van der Waals surface area contributed by atoms with E-state index in [9.17, 15) is 0 Å². The molecular formula is C19H21NO. The van der Waals surface area contributed by atoms with Crippen LogP contribution in [0.4, 0.5) is 0 Å². The van der Waals surface area contributed by atoms with Gasteiger partial charge in [-0.15, -0.1) is 0 Å². The molecule has 2 aromatic carbocycles. The van der Waals surface area contributed by atoms with Gasteiger partial charge in [0.15, 0.2) is 0 Å². The van der Waals surface area contributed by atoms with Crippen LogP contribution in [0.25, 0.3) is 0 Å². The van der Waals surface area contributed by atoms with Crippen molar-refractivity contribution in [2.45, 2.75) is 32.2 Å². The Morgan fingerprint density at radius 3 is 2.57 bits per heavy atom. The van der Waals surface area contributed by atoms with E-state index in [1.807, 2.05) is 12.1 Å². The normalized spacial score (nSPS) is 17.3. The molecule has 3 rings (SSSR count). The fraction of sp³-hybridized carbons (Fsp3) is 0.316. The molecule has 108 valence electrons. The number of nitrogens with zero attached hydrogens (tertiary/aromatic N) is 1. The highest BCUT2D eigenvalue weighted by Gasteiger charge is 2.18. The Balaban J connectivity index is 1.81. The van der Waals surface area contributed by atoms with Gasteiger partial charge in [-0.25, -0.2) is 0 Å². The molecule has 2 nitrogen and oxygen atoms in total. The van der Waals surface area contributed by atoms with Crippen LogP contribution < -0.4 is 4.74 Å². The van der Waals surface area contributed by atoms with E-state index in [1.165, 1.54) is 22.4 Å². The molecule has 21 heavy (non-hydrogen) atoms. The van der Waals surface area contributed by atoms with Gasteiger partial charge in [0.25, 0.3) is 0 Å². The SMILES string of the molecule is COc1cccc2c1CCC(=N[C@@H](C)c1ccccc1)C2. The molecule has 0 amide bonds. The summed E-state index contributed by atoms with van der Waals surface area (Å²) in [4.78, 5) is 4.94. The van der Waals surface area contributed by atoms with Gasteiger partial charge in [-0.3, -0.25) is 4.99 Å². The first-order chi connectivity index (χ1) is 10.3. The maximum absolute atomic E-state index is 5.46. The zero-order chi connectivity index (χ0) is 14.7. The summed E-state index contributed by atoms with van der Waals surface area (Å²) >= 11 is 0. The highest BCUT2D eigenvalue weighted by atomic mass is 16.5. The predicted molar refractivity (Wildman–Crippen MR) is 87.3 cm³/mol. The van der Waals surface area contributed by atoms with Crippen LogP contribution >= 0.6 is 0 Å². The molecule has 0 aromatic heterocycles. The van der Waals surface area contributed by atoms with Gasteiger partial charge in [0.1, 0.15) is 5.75 Å². The Kier molecular flexibility index (Phi) is 4.05. The lowest BCUT2D eigenvalue weighted by Gasteiger charge is -2.21. The van der Waals surface area contributed by atoms with Gasteiger partial charge in [0.2, 0.25) is 0 Å². The van der Waals surface area contributed by atoms with E-state index in [-0.39, 0.29) is 6.04 Å². The van der Waals surface area contributed by atoms with Crippen LogP contribution in [-0.4, -0.2) is 12.8 Å². The predicted octanol–water partition coefficient (Wildman–Crippen LogP) is 4.39. The summed E-state index contributed by atoms with van der Waals surface area (Å²) in [6, 6.07) is 17.0. The van der Waals surface area contributed by atoms with Crippen molar-refractivity contribution in [3.63, 3.8) is 0 Å². The highest BCUT2D eigenvalue weighted by Crippen LogP contribution is 2.29. The molecule has 0 radical (unpaired) electrons. The Labute approximate surface area is 126 Å². The van der Waals surface area contributed by atoms with Crippen LogP contribution in [0.5, 0.6) is 5.75 Å². The number of aliphatic imine (C=N–C) groups is 1. The monoisotopic (exact) mass is 279 g/mol. The molecule has 0 saturated carbocycles. The van der Waals surface area contributed by atoms with Gasteiger partial charge in [0, 0.05) is 12.1 Å². The first-order valence-electron chi connectivity index (χ1n) is 7.53. The second kappa shape index (κ2) is 6.13. The van der Waals surface area contributed by atoms with Crippen LogP contribution in [0.1, 0.15) is 36.1 Å². The molecule has 0 fully saturated rings. The number of benzene rings is 2. The van der Waals surface area contributed by atoms with Gasteiger partial charge in [0.05, 0.1) is 13.2 Å². The van der Waals surface area contributed by atoms with Crippen LogP contribution in [-0.2, 0) is 12.8 Å². The van der Waals surface area contributed by atoms with E-state index < -0.39 is 0 Å². The average Bonchev–Trinajstić information content (AvgIpc) is 2.54. The number of ether oxygens (including phenoxy) is 1. The Morgan fingerprint density at radius 1 is 1.00 bits per heavy atom. The Hall–Kier alpha value is -2.09. The largest absolute Gasteiger partial charge is 0.496 e. The summed E-state index contributed by atoms with van der Waals surface area (Å²) in [5.74, 6) is 1.02. The number of rotatable bonds is 3. The molecule has 0 unspecified atom stereocenters. The van der Waals surface area contributed by atoms with Crippen molar-refractivity contribution in [2.75, 3.05) is 7.11 Å². The minimum Gasteiger partial charge on any atom is -0.496 e. The van der Waals surface area contributed by atoms with Crippen molar-refractivity contribution >= 4 is 5.71 Å². The fourth-order valence-corrected chi connectivity index (χ4v) is 3.02. The molecule has 0 spiro atoms. The lowest BCUT2D eigenvalue weighted by Crippen LogP contribution is -2.15. The van der Waals surface area contributed by atoms with E-state index in [1.54, 1.807) is 7.11 Å². The standard InChI is InChI=1S/C19H21NO/c1-14(15-7-4-3-5-8-15)20-17-11-12-18-16(13-17)9-6-10-19(18)21-2/h3-10,14H,11-13H2,1-2H3/t14-/m0/s1. The van der Waals surface area contributed by atoms with Crippen LogP contribution in [0.3, 0.4) is 0 Å². The van der Waals surface area contributed by atoms with E-state index >= 15 is 0 Å². The van der Waals surface area contributed by atoms with Crippen molar-refractivity contribution in [1.29, 1.82) is 0 Å². The van der Waals surface area contributed by atoms with Gasteiger partial charge < -0.3 is 4.74 Å². The quantitative estimate of drug-likeness (QED) is 0.816. The molecule has 1 atom stereocenters. The second-order valence-corrected chi connectivity index (χ2v) is 5.56. The third-order valence-electron chi connectivity index (χ3n) is 4.17. The van der Waals surface area contributed by atoms with E-state index in [0.717, 1.165) is 25.0 Å². The Morgan fingerprint density at radius 2 is 1.81 bits per heavy atom. The molecule has 0 heterocycles. The number of hydrogen-bond donors (Lipinski definition) is 0. The van der Waals surface area contributed by atoms with Crippen molar-refractivity contribution in [3.8, 4) is 5.75 Å². The molecule has 1 aliphatic carbocycles. The topological polar surface area (TPSA) is 21.6 Å². The third-order valence-corrected chi connectivity index (χ3v) is 4.17. The maximum atomic E-state index is 5.46. The number of fused-ring (bicyclic) bond motifs is 1. The number of methoxy groups -OCH3 is 1. The minimum absolute atomic E-state index is 0.230. The van der Waals surface area contributed by atoms with E-state index in [2.05, 4.69) is 43.3 Å². The van der Waals surface area contributed by atoms with Crippen LogP contribution in [0.15, 0.2) is 53.5 Å². The van der Waals surface area contributed by atoms with Crippen molar-refractivity contribution in [3.05, 3.63) is 65.2 Å². The first kappa shape index (κ1) is 13.9. The zero-order valence-electron chi connectivity index (χ0n) is 12.7. The smallest absolute Gasteiger partial charge is 0.122 e. The van der Waals surface area contributed by atoms with Crippen molar-refractivity contribution in [1.82, 2.24) is 0 Å². The van der Waals surface area contributed by atoms with Gasteiger partial charge in [-0.05, 0) is 42.5 Å². The molecule has 2 heteroatoms. The molecule has 0 aliphatic heterocycles. The highest BCUT2D eigenvalue weighted by molar-refractivity contribution is 5.89. The van der Waals surface area contributed by atoms with E-state index in [4.69, 9.17) is 9.73 Å². The maximum Gasteiger partial charge on any atom is 0.122 e. The molecule has 0 saturated heterocycles. The lowest BCUT2D eigenvalue weighted by atomic mass is 9.89. The average molecular weight is 279 g/mol. The van der Waals surface area contributed by atoms with Crippen LogP contribution in [0.2, 0.25) is 0 Å². The molecule has 0 N–H and O–H groups in total. The third kappa shape index (κ3) is 2.99.